The molecule has 0 radical (unpaired) electrons. The second-order valence-electron chi connectivity index (χ2n) is 8.18. The molecule has 0 bridgehead atoms. The van der Waals surface area contributed by atoms with Gasteiger partial charge in [0.25, 0.3) is 0 Å². The number of rotatable bonds is 10. The fourth-order valence-corrected chi connectivity index (χ4v) is 3.27. The first-order chi connectivity index (χ1) is 13.9. The zero-order valence-electron chi connectivity index (χ0n) is 17.8. The first kappa shape index (κ1) is 22.7. The smallest absolute Gasteiger partial charge is 0.338 e. The van der Waals surface area contributed by atoms with Gasteiger partial charge in [-0.3, -0.25) is 0 Å². The average molecular weight is 397 g/mol. The summed E-state index contributed by atoms with van der Waals surface area (Å²) in [6.45, 7) is 8.61. The first-order valence-electron chi connectivity index (χ1n) is 10.4. The van der Waals surface area contributed by atoms with Crippen molar-refractivity contribution in [3.63, 3.8) is 0 Å². The van der Waals surface area contributed by atoms with E-state index in [9.17, 15) is 9.59 Å². The van der Waals surface area contributed by atoms with E-state index in [-0.39, 0.29) is 36.5 Å². The van der Waals surface area contributed by atoms with E-state index in [4.69, 9.17) is 9.47 Å². The summed E-state index contributed by atoms with van der Waals surface area (Å²) in [5.74, 6) is -0.127. The van der Waals surface area contributed by atoms with Gasteiger partial charge in [0.05, 0.1) is 17.7 Å². The molecule has 2 aromatic carbocycles. The molecule has 2 rings (SSSR count). The largest absolute Gasteiger partial charge is 0.462 e. The molecule has 2 unspecified atom stereocenters. The number of carbonyl (C=O) groups excluding carboxylic acids is 2. The molecule has 2 atom stereocenters. The van der Waals surface area contributed by atoms with Gasteiger partial charge in [0.1, 0.15) is 6.10 Å². The molecule has 0 amide bonds. The Balaban J connectivity index is 2.10. The second-order valence-corrected chi connectivity index (χ2v) is 8.18. The van der Waals surface area contributed by atoms with Crippen molar-refractivity contribution < 1.29 is 19.1 Å². The van der Waals surface area contributed by atoms with Crippen LogP contribution in [0.15, 0.2) is 60.7 Å². The molecule has 0 saturated carbocycles. The van der Waals surface area contributed by atoms with Gasteiger partial charge in [-0.05, 0) is 42.5 Å². The van der Waals surface area contributed by atoms with Crippen LogP contribution in [-0.2, 0) is 9.47 Å². The van der Waals surface area contributed by atoms with E-state index in [1.807, 2.05) is 50.2 Å². The van der Waals surface area contributed by atoms with Gasteiger partial charge in [0.15, 0.2) is 0 Å². The van der Waals surface area contributed by atoms with E-state index in [2.05, 4.69) is 13.8 Å². The Labute approximate surface area is 174 Å². The Bertz CT molecular complexity index is 753. The SMILES string of the molecule is CC(C)CCC(COC(=O)c1ccccc1)C(OC(=O)c1ccccc1)C(C)C. The highest BCUT2D eigenvalue weighted by molar-refractivity contribution is 5.90. The summed E-state index contributed by atoms with van der Waals surface area (Å²) in [5.41, 5.74) is 1.06. The maximum atomic E-state index is 12.6. The van der Waals surface area contributed by atoms with Crippen molar-refractivity contribution in [3.8, 4) is 0 Å². The third kappa shape index (κ3) is 7.37. The maximum absolute atomic E-state index is 12.6. The third-order valence-electron chi connectivity index (χ3n) is 4.93. The van der Waals surface area contributed by atoms with Crippen LogP contribution in [0.4, 0.5) is 0 Å². The number of hydrogen-bond acceptors (Lipinski definition) is 4. The lowest BCUT2D eigenvalue weighted by Crippen LogP contribution is -2.35. The van der Waals surface area contributed by atoms with Crippen molar-refractivity contribution >= 4 is 11.9 Å². The number of ether oxygens (including phenoxy) is 2. The van der Waals surface area contributed by atoms with Crippen molar-refractivity contribution in [1.82, 2.24) is 0 Å². The van der Waals surface area contributed by atoms with Crippen LogP contribution in [0.5, 0.6) is 0 Å². The Morgan fingerprint density at radius 3 is 1.76 bits per heavy atom. The summed E-state index contributed by atoms with van der Waals surface area (Å²) in [7, 11) is 0. The minimum absolute atomic E-state index is 0.0577. The van der Waals surface area contributed by atoms with Crippen LogP contribution in [-0.4, -0.2) is 24.6 Å². The molecule has 4 heteroatoms. The quantitative estimate of drug-likeness (QED) is 0.478. The zero-order chi connectivity index (χ0) is 21.2. The van der Waals surface area contributed by atoms with E-state index in [0.29, 0.717) is 17.0 Å². The monoisotopic (exact) mass is 396 g/mol. The van der Waals surface area contributed by atoms with Gasteiger partial charge in [-0.2, -0.15) is 0 Å². The zero-order valence-corrected chi connectivity index (χ0v) is 17.8. The lowest BCUT2D eigenvalue weighted by molar-refractivity contribution is -0.0230. The van der Waals surface area contributed by atoms with Gasteiger partial charge in [-0.1, -0.05) is 70.5 Å². The molecule has 0 fully saturated rings. The molecular weight excluding hydrogens is 364 g/mol. The number of benzene rings is 2. The fourth-order valence-electron chi connectivity index (χ4n) is 3.27. The highest BCUT2D eigenvalue weighted by Crippen LogP contribution is 2.25. The van der Waals surface area contributed by atoms with Crippen molar-refractivity contribution in [1.29, 1.82) is 0 Å². The van der Waals surface area contributed by atoms with Crippen LogP contribution in [0.3, 0.4) is 0 Å². The Kier molecular flexibility index (Phi) is 8.91. The number of hydrogen-bond donors (Lipinski definition) is 0. The molecule has 0 heterocycles. The van der Waals surface area contributed by atoms with Gasteiger partial charge in [0.2, 0.25) is 0 Å². The van der Waals surface area contributed by atoms with Crippen molar-refractivity contribution in [2.75, 3.05) is 6.61 Å². The van der Waals surface area contributed by atoms with Crippen molar-refractivity contribution in [2.24, 2.45) is 17.8 Å². The maximum Gasteiger partial charge on any atom is 0.338 e. The predicted molar refractivity (Wildman–Crippen MR) is 115 cm³/mol. The summed E-state index contributed by atoms with van der Waals surface area (Å²) >= 11 is 0. The van der Waals surface area contributed by atoms with Crippen LogP contribution in [0, 0.1) is 17.8 Å². The molecule has 0 aromatic heterocycles. The van der Waals surface area contributed by atoms with Gasteiger partial charge in [-0.25, -0.2) is 9.59 Å². The Hall–Kier alpha value is -2.62. The summed E-state index contributed by atoms with van der Waals surface area (Å²) in [5, 5.41) is 0. The van der Waals surface area contributed by atoms with Gasteiger partial charge >= 0.3 is 11.9 Å². The molecule has 29 heavy (non-hydrogen) atoms. The highest BCUT2D eigenvalue weighted by atomic mass is 16.6. The van der Waals surface area contributed by atoms with Gasteiger partial charge < -0.3 is 9.47 Å². The Morgan fingerprint density at radius 1 is 0.759 bits per heavy atom. The third-order valence-corrected chi connectivity index (χ3v) is 4.93. The molecule has 156 valence electrons. The standard InChI is InChI=1S/C25H32O4/c1-18(2)15-16-22(17-28-24(26)20-11-7-5-8-12-20)23(19(3)4)29-25(27)21-13-9-6-10-14-21/h5-14,18-19,22-23H,15-17H2,1-4H3. The van der Waals surface area contributed by atoms with E-state index in [0.717, 1.165) is 12.8 Å². The fraction of sp³-hybridized carbons (Fsp3) is 0.440. The van der Waals surface area contributed by atoms with Gasteiger partial charge in [-0.15, -0.1) is 0 Å². The molecular formula is C25H32O4. The van der Waals surface area contributed by atoms with Gasteiger partial charge in [0, 0.05) is 5.92 Å². The minimum atomic E-state index is -0.350. The summed E-state index contributed by atoms with van der Waals surface area (Å²) in [6.07, 6.45) is 1.47. The molecule has 0 aliphatic carbocycles. The Morgan fingerprint density at radius 2 is 1.28 bits per heavy atom. The average Bonchev–Trinajstić information content (AvgIpc) is 2.73. The molecule has 0 spiro atoms. The van der Waals surface area contributed by atoms with Crippen molar-refractivity contribution in [2.45, 2.75) is 46.6 Å². The van der Waals surface area contributed by atoms with Crippen LogP contribution in [0.2, 0.25) is 0 Å². The van der Waals surface area contributed by atoms with E-state index in [1.165, 1.54) is 0 Å². The van der Waals surface area contributed by atoms with E-state index in [1.54, 1.807) is 24.3 Å². The molecule has 2 aromatic rings. The topological polar surface area (TPSA) is 52.6 Å². The van der Waals surface area contributed by atoms with Crippen molar-refractivity contribution in [3.05, 3.63) is 71.8 Å². The van der Waals surface area contributed by atoms with Crippen LogP contribution < -0.4 is 0 Å². The number of carbonyl (C=O) groups is 2. The summed E-state index contributed by atoms with van der Waals surface area (Å²) in [4.78, 5) is 25.0. The molecule has 4 nitrogen and oxygen atoms in total. The van der Waals surface area contributed by atoms with Crippen LogP contribution >= 0.6 is 0 Å². The second kappa shape index (κ2) is 11.4. The summed E-state index contributed by atoms with van der Waals surface area (Å²) in [6, 6.07) is 18.0. The van der Waals surface area contributed by atoms with Crippen LogP contribution in [0.25, 0.3) is 0 Å². The highest BCUT2D eigenvalue weighted by Gasteiger charge is 2.30. The normalized spacial score (nSPS) is 13.2. The lowest BCUT2D eigenvalue weighted by Gasteiger charge is -2.30. The predicted octanol–water partition coefficient (Wildman–Crippen LogP) is 5.78. The van der Waals surface area contributed by atoms with Crippen LogP contribution in [0.1, 0.15) is 61.3 Å². The first-order valence-corrected chi connectivity index (χ1v) is 10.4. The minimum Gasteiger partial charge on any atom is -0.462 e. The molecule has 0 N–H and O–H groups in total. The molecule has 0 saturated heterocycles. The van der Waals surface area contributed by atoms with E-state index < -0.39 is 0 Å². The molecule has 0 aliphatic rings. The molecule has 0 aliphatic heterocycles. The number of esters is 2. The summed E-state index contributed by atoms with van der Waals surface area (Å²) < 4.78 is 11.5. The van der Waals surface area contributed by atoms with E-state index >= 15 is 0 Å². The lowest BCUT2D eigenvalue weighted by atomic mass is 9.88.